The first kappa shape index (κ1) is 8.85. The molecule has 0 saturated heterocycles. The second kappa shape index (κ2) is 3.96. The molecule has 0 amide bonds. The van der Waals surface area contributed by atoms with Crippen molar-refractivity contribution in [3.63, 3.8) is 0 Å². The van der Waals surface area contributed by atoms with Crippen molar-refractivity contribution in [3.05, 3.63) is 35.9 Å². The maximum atomic E-state index is 5.81. The fourth-order valence-electron chi connectivity index (χ4n) is 1.27. The second-order valence-corrected chi connectivity index (χ2v) is 2.88. The average molecular weight is 161 g/mol. The van der Waals surface area contributed by atoms with Gasteiger partial charge >= 0.3 is 0 Å². The minimum Gasteiger partial charge on any atom is -0.398 e. The lowest BCUT2D eigenvalue weighted by atomic mass is 10.0. The molecule has 2 N–H and O–H groups in total. The summed E-state index contributed by atoms with van der Waals surface area (Å²) in [4.78, 5) is 0. The molecular formula is C11H15N. The van der Waals surface area contributed by atoms with Crippen LogP contribution in [0.5, 0.6) is 0 Å². The first-order valence-corrected chi connectivity index (χ1v) is 4.27. The molecule has 0 atom stereocenters. The van der Waals surface area contributed by atoms with Crippen molar-refractivity contribution >= 4 is 11.3 Å². The third-order valence-electron chi connectivity index (χ3n) is 1.90. The number of nitrogens with two attached hydrogens (primary N) is 1. The van der Waals surface area contributed by atoms with E-state index in [1.165, 1.54) is 5.57 Å². The van der Waals surface area contributed by atoms with Gasteiger partial charge in [-0.3, -0.25) is 0 Å². The summed E-state index contributed by atoms with van der Waals surface area (Å²) in [5, 5.41) is 0. The van der Waals surface area contributed by atoms with Gasteiger partial charge in [-0.1, -0.05) is 31.2 Å². The predicted molar refractivity (Wildman–Crippen MR) is 54.8 cm³/mol. The van der Waals surface area contributed by atoms with Crippen LogP contribution in [0.15, 0.2) is 30.3 Å². The molecular weight excluding hydrogens is 146 g/mol. The Morgan fingerprint density at radius 3 is 2.67 bits per heavy atom. The molecule has 0 aliphatic carbocycles. The lowest BCUT2D eigenvalue weighted by molar-refractivity contribution is 1.22. The number of nitrogen functional groups attached to an aromatic ring is 1. The van der Waals surface area contributed by atoms with Gasteiger partial charge in [0, 0.05) is 5.69 Å². The molecule has 0 heterocycles. The number of benzene rings is 1. The van der Waals surface area contributed by atoms with E-state index in [4.69, 9.17) is 5.73 Å². The summed E-state index contributed by atoms with van der Waals surface area (Å²) in [6, 6.07) is 7.95. The normalized spacial score (nSPS) is 11.7. The monoisotopic (exact) mass is 161 g/mol. The van der Waals surface area contributed by atoms with Crippen molar-refractivity contribution in [1.82, 2.24) is 0 Å². The Labute approximate surface area is 73.9 Å². The first-order valence-electron chi connectivity index (χ1n) is 4.27. The molecule has 1 nitrogen and oxygen atoms in total. The molecule has 0 unspecified atom stereocenters. The van der Waals surface area contributed by atoms with Crippen LogP contribution in [0.2, 0.25) is 0 Å². The Bertz CT molecular complexity index is 287. The molecule has 1 rings (SSSR count). The number of rotatable bonds is 2. The molecule has 1 aromatic carbocycles. The van der Waals surface area contributed by atoms with E-state index in [-0.39, 0.29) is 0 Å². The Morgan fingerprint density at radius 2 is 2.08 bits per heavy atom. The summed E-state index contributed by atoms with van der Waals surface area (Å²) in [7, 11) is 0. The van der Waals surface area contributed by atoms with Crippen LogP contribution < -0.4 is 5.73 Å². The van der Waals surface area contributed by atoms with Gasteiger partial charge in [-0.15, -0.1) is 0 Å². The molecule has 12 heavy (non-hydrogen) atoms. The minimum absolute atomic E-state index is 0.861. The van der Waals surface area contributed by atoms with Crippen molar-refractivity contribution in [2.45, 2.75) is 20.3 Å². The van der Waals surface area contributed by atoms with E-state index in [1.54, 1.807) is 0 Å². The highest BCUT2D eigenvalue weighted by Crippen LogP contribution is 2.20. The van der Waals surface area contributed by atoms with Crippen molar-refractivity contribution in [1.29, 1.82) is 0 Å². The topological polar surface area (TPSA) is 26.0 Å². The van der Waals surface area contributed by atoms with Crippen LogP contribution in [0.25, 0.3) is 5.57 Å². The zero-order valence-electron chi connectivity index (χ0n) is 7.67. The third kappa shape index (κ3) is 1.88. The van der Waals surface area contributed by atoms with Gasteiger partial charge in [-0.2, -0.15) is 0 Å². The molecule has 1 aromatic rings. The standard InChI is InChI=1S/C11H15N/c1-3-6-9(2)10-7-4-5-8-11(10)12/h4-8H,3,12H2,1-2H3/b9-6-. The minimum atomic E-state index is 0.861. The van der Waals surface area contributed by atoms with Crippen LogP contribution in [0.4, 0.5) is 5.69 Å². The van der Waals surface area contributed by atoms with E-state index in [1.807, 2.05) is 18.2 Å². The van der Waals surface area contributed by atoms with Crippen molar-refractivity contribution in [2.75, 3.05) is 5.73 Å². The van der Waals surface area contributed by atoms with E-state index in [2.05, 4.69) is 26.0 Å². The van der Waals surface area contributed by atoms with E-state index >= 15 is 0 Å². The number of hydrogen-bond donors (Lipinski definition) is 1. The Kier molecular flexibility index (Phi) is 2.92. The Hall–Kier alpha value is -1.24. The van der Waals surface area contributed by atoms with Gasteiger partial charge in [0.2, 0.25) is 0 Å². The highest BCUT2D eigenvalue weighted by molar-refractivity contribution is 5.73. The quantitative estimate of drug-likeness (QED) is 0.663. The van der Waals surface area contributed by atoms with Crippen LogP contribution in [0.1, 0.15) is 25.8 Å². The van der Waals surface area contributed by atoms with Gasteiger partial charge < -0.3 is 5.73 Å². The van der Waals surface area contributed by atoms with Crippen LogP contribution in [0, 0.1) is 0 Å². The molecule has 0 fully saturated rings. The third-order valence-corrected chi connectivity index (χ3v) is 1.90. The van der Waals surface area contributed by atoms with Gasteiger partial charge in [0.25, 0.3) is 0 Å². The molecule has 0 aliphatic rings. The van der Waals surface area contributed by atoms with E-state index in [0.717, 1.165) is 17.7 Å². The van der Waals surface area contributed by atoms with Crippen molar-refractivity contribution in [3.8, 4) is 0 Å². The zero-order chi connectivity index (χ0) is 8.97. The molecule has 64 valence electrons. The van der Waals surface area contributed by atoms with Crippen molar-refractivity contribution < 1.29 is 0 Å². The summed E-state index contributed by atoms with van der Waals surface area (Å²) < 4.78 is 0. The average Bonchev–Trinajstić information content (AvgIpc) is 2.05. The van der Waals surface area contributed by atoms with Crippen LogP contribution in [-0.4, -0.2) is 0 Å². The molecule has 0 bridgehead atoms. The van der Waals surface area contributed by atoms with Crippen LogP contribution >= 0.6 is 0 Å². The van der Waals surface area contributed by atoms with Crippen molar-refractivity contribution in [2.24, 2.45) is 0 Å². The van der Waals surface area contributed by atoms with Gasteiger partial charge in [-0.05, 0) is 30.5 Å². The fourth-order valence-corrected chi connectivity index (χ4v) is 1.27. The molecule has 0 spiro atoms. The van der Waals surface area contributed by atoms with Crippen LogP contribution in [-0.2, 0) is 0 Å². The van der Waals surface area contributed by atoms with Gasteiger partial charge in [0.1, 0.15) is 0 Å². The van der Waals surface area contributed by atoms with E-state index in [0.29, 0.717) is 0 Å². The maximum Gasteiger partial charge on any atom is 0.0390 e. The summed E-state index contributed by atoms with van der Waals surface area (Å²) in [6.07, 6.45) is 3.24. The lowest BCUT2D eigenvalue weighted by Crippen LogP contribution is -1.90. The Balaban J connectivity index is 3.02. The van der Waals surface area contributed by atoms with Gasteiger partial charge in [-0.25, -0.2) is 0 Å². The van der Waals surface area contributed by atoms with E-state index < -0.39 is 0 Å². The number of hydrogen-bond acceptors (Lipinski definition) is 1. The van der Waals surface area contributed by atoms with Crippen LogP contribution in [0.3, 0.4) is 0 Å². The highest BCUT2D eigenvalue weighted by Gasteiger charge is 1.97. The van der Waals surface area contributed by atoms with Gasteiger partial charge in [0.15, 0.2) is 0 Å². The Morgan fingerprint density at radius 1 is 1.42 bits per heavy atom. The molecule has 0 radical (unpaired) electrons. The predicted octanol–water partition coefficient (Wildman–Crippen LogP) is 3.08. The summed E-state index contributed by atoms with van der Waals surface area (Å²) >= 11 is 0. The summed E-state index contributed by atoms with van der Waals surface area (Å²) in [5.41, 5.74) is 9.08. The summed E-state index contributed by atoms with van der Waals surface area (Å²) in [5.74, 6) is 0. The maximum absolute atomic E-state index is 5.81. The lowest BCUT2D eigenvalue weighted by Gasteiger charge is -2.04. The number of para-hydroxylation sites is 1. The second-order valence-electron chi connectivity index (χ2n) is 2.88. The molecule has 0 aromatic heterocycles. The SMILES string of the molecule is CC/C=C(/C)c1ccccc1N. The molecule has 0 aliphatic heterocycles. The highest BCUT2D eigenvalue weighted by atomic mass is 14.6. The van der Waals surface area contributed by atoms with E-state index in [9.17, 15) is 0 Å². The molecule has 1 heteroatoms. The first-order chi connectivity index (χ1) is 5.75. The number of allylic oxidation sites excluding steroid dienone is 2. The molecule has 0 saturated carbocycles. The van der Waals surface area contributed by atoms with Gasteiger partial charge in [0.05, 0.1) is 0 Å². The fraction of sp³-hybridized carbons (Fsp3) is 0.273. The zero-order valence-corrected chi connectivity index (χ0v) is 7.67. The smallest absolute Gasteiger partial charge is 0.0390 e. The summed E-state index contributed by atoms with van der Waals surface area (Å²) in [6.45, 7) is 4.22. The largest absolute Gasteiger partial charge is 0.398 e. The number of anilines is 1.